The van der Waals surface area contributed by atoms with E-state index in [1.165, 1.54) is 27.8 Å². The van der Waals surface area contributed by atoms with Crippen LogP contribution >= 0.6 is 0 Å². The van der Waals surface area contributed by atoms with E-state index in [0.29, 0.717) is 11.5 Å². The number of aromatic nitrogens is 4. The minimum Gasteiger partial charge on any atom is -0.509 e. The molecule has 0 aliphatic heterocycles. The molecule has 8 rings (SSSR count). The summed E-state index contributed by atoms with van der Waals surface area (Å²) in [6, 6.07) is 43.5. The summed E-state index contributed by atoms with van der Waals surface area (Å²) >= 11 is 0. The van der Waals surface area contributed by atoms with E-state index in [2.05, 4.69) is 167 Å². The van der Waals surface area contributed by atoms with E-state index in [9.17, 15) is 0 Å². The number of fused-ring (bicyclic) bond motifs is 3. The van der Waals surface area contributed by atoms with Gasteiger partial charge in [-0.05, 0) is 91.6 Å². The molecule has 6 heteroatoms. The van der Waals surface area contributed by atoms with Crippen molar-refractivity contribution in [3.63, 3.8) is 0 Å². The van der Waals surface area contributed by atoms with Gasteiger partial charge < -0.3 is 9.30 Å². The quantitative estimate of drug-likeness (QED) is 0.136. The van der Waals surface area contributed by atoms with Crippen molar-refractivity contribution in [2.75, 3.05) is 0 Å². The van der Waals surface area contributed by atoms with Crippen molar-refractivity contribution < 1.29 is 25.8 Å². The van der Waals surface area contributed by atoms with Gasteiger partial charge in [-0.1, -0.05) is 98.9 Å². The average molecular weight is 888 g/mol. The molecule has 0 radical (unpaired) electrons. The van der Waals surface area contributed by atoms with E-state index in [1.54, 1.807) is 0 Å². The van der Waals surface area contributed by atoms with E-state index < -0.39 is 0 Å². The fourth-order valence-corrected chi connectivity index (χ4v) is 7.81. The Morgan fingerprint density at radius 1 is 0.741 bits per heavy atom. The molecule has 272 valence electrons. The molecule has 3 heterocycles. The van der Waals surface area contributed by atoms with E-state index in [-0.39, 0.29) is 27.0 Å². The Hall–Kier alpha value is -5.25. The van der Waals surface area contributed by atoms with E-state index in [4.69, 9.17) is 14.8 Å². The fraction of sp³-hybridized carbons (Fsp3) is 0.208. The summed E-state index contributed by atoms with van der Waals surface area (Å²) in [4.78, 5) is 4.82. The monoisotopic (exact) mass is 887 g/mol. The Kier molecular flexibility index (Phi) is 10.5. The van der Waals surface area contributed by atoms with Crippen molar-refractivity contribution >= 4 is 21.8 Å². The Balaban J connectivity index is 0.00000450. The van der Waals surface area contributed by atoms with Crippen molar-refractivity contribution in [1.82, 2.24) is 19.3 Å². The second-order valence-corrected chi connectivity index (χ2v) is 14.5. The molecule has 0 unspecified atom stereocenters. The molecule has 0 atom stereocenters. The van der Waals surface area contributed by atoms with E-state index in [1.807, 2.05) is 12.3 Å². The maximum absolute atomic E-state index is 6.72. The van der Waals surface area contributed by atoms with Gasteiger partial charge in [-0.25, -0.2) is 4.98 Å². The van der Waals surface area contributed by atoms with Crippen LogP contribution in [-0.4, -0.2) is 19.3 Å². The molecule has 5 nitrogen and oxygen atoms in total. The average Bonchev–Trinajstić information content (AvgIpc) is 3.66. The number of aryl methyl sites for hydroxylation is 5. The van der Waals surface area contributed by atoms with Crippen LogP contribution in [0.5, 0.6) is 11.5 Å². The van der Waals surface area contributed by atoms with E-state index >= 15 is 0 Å². The standard InChI is InChI=1S/C48H44N4O.Pt/c1-8-14-35-21-22-49-45(25-35)51-43-18-13-12-17-41(43)42-20-19-39(29-44(42)51)53-40-27-37(30(2)3)26-38(28-40)52-48(36-15-10-9-11-16-36)47(34(7)50-52)46-32(5)23-31(4)24-33(46)6;/h9-13,15-27,30H,8,14H2,1-7H3;/q-2;+2. The summed E-state index contributed by atoms with van der Waals surface area (Å²) in [5.74, 6) is 2.35. The van der Waals surface area contributed by atoms with E-state index in [0.717, 1.165) is 74.2 Å². The molecular formula is C48H44N4OPt. The number of rotatable bonds is 9. The van der Waals surface area contributed by atoms with Gasteiger partial charge in [-0.15, -0.1) is 41.3 Å². The van der Waals surface area contributed by atoms with Gasteiger partial charge in [0, 0.05) is 34.3 Å². The van der Waals surface area contributed by atoms with Crippen LogP contribution < -0.4 is 4.74 Å². The largest absolute Gasteiger partial charge is 2.00 e. The summed E-state index contributed by atoms with van der Waals surface area (Å²) in [6.45, 7) is 15.3. The van der Waals surface area contributed by atoms with Crippen LogP contribution in [-0.2, 0) is 27.5 Å². The van der Waals surface area contributed by atoms with Gasteiger partial charge in [0.15, 0.2) is 0 Å². The number of para-hydroxylation sites is 1. The predicted octanol–water partition coefficient (Wildman–Crippen LogP) is 12.4. The Bertz CT molecular complexity index is 2610. The number of pyridine rings is 1. The van der Waals surface area contributed by atoms with Gasteiger partial charge in [0.2, 0.25) is 0 Å². The number of nitrogens with zero attached hydrogens (tertiary/aromatic N) is 4. The van der Waals surface area contributed by atoms with Crippen molar-refractivity contribution in [3.05, 3.63) is 155 Å². The SMILES string of the molecule is CCCc1ccnc(-n2c3[c-]c(Oc4[c-]c(-n5nc(C)c(-c6c(C)cc(C)cc6C)c5-c5ccccc5)cc(C(C)C)c4)ccc3c3ccccc32)c1.[Pt+2]. The van der Waals surface area contributed by atoms with Gasteiger partial charge in [-0.2, -0.15) is 11.2 Å². The molecule has 8 aromatic rings. The summed E-state index contributed by atoms with van der Waals surface area (Å²) < 4.78 is 11.0. The van der Waals surface area contributed by atoms with Crippen LogP contribution in [0.2, 0.25) is 0 Å². The van der Waals surface area contributed by atoms with Crippen LogP contribution in [0.1, 0.15) is 66.6 Å². The van der Waals surface area contributed by atoms with Gasteiger partial charge >= 0.3 is 21.1 Å². The van der Waals surface area contributed by atoms with Gasteiger partial charge in [-0.3, -0.25) is 4.68 Å². The zero-order valence-electron chi connectivity index (χ0n) is 31.9. The summed E-state index contributed by atoms with van der Waals surface area (Å²) in [5.41, 5.74) is 14.4. The third kappa shape index (κ3) is 6.82. The molecule has 54 heavy (non-hydrogen) atoms. The zero-order valence-corrected chi connectivity index (χ0v) is 34.2. The Labute approximate surface area is 332 Å². The number of ether oxygens (including phenoxy) is 1. The molecule has 0 spiro atoms. The first-order valence-electron chi connectivity index (χ1n) is 18.6. The molecule has 0 saturated carbocycles. The smallest absolute Gasteiger partial charge is 0.509 e. The van der Waals surface area contributed by atoms with Gasteiger partial charge in [0.05, 0.1) is 11.4 Å². The van der Waals surface area contributed by atoms with Crippen molar-refractivity contribution in [3.8, 4) is 45.4 Å². The summed E-state index contributed by atoms with van der Waals surface area (Å²) in [7, 11) is 0. The number of benzene rings is 5. The zero-order chi connectivity index (χ0) is 36.8. The molecule has 0 aliphatic rings. The minimum atomic E-state index is 0. The molecule has 0 aliphatic carbocycles. The normalized spacial score (nSPS) is 11.4. The van der Waals surface area contributed by atoms with Crippen molar-refractivity contribution in [2.45, 2.75) is 67.2 Å². The van der Waals surface area contributed by atoms with Crippen LogP contribution in [0, 0.1) is 39.8 Å². The summed E-state index contributed by atoms with van der Waals surface area (Å²) in [5, 5.41) is 7.48. The van der Waals surface area contributed by atoms with Crippen LogP contribution in [0.4, 0.5) is 0 Å². The van der Waals surface area contributed by atoms with Gasteiger partial charge in [0.25, 0.3) is 0 Å². The maximum Gasteiger partial charge on any atom is 2.00 e. The van der Waals surface area contributed by atoms with Gasteiger partial charge in [0.1, 0.15) is 5.82 Å². The number of hydrogen-bond donors (Lipinski definition) is 0. The molecular weight excluding hydrogens is 844 g/mol. The first-order valence-corrected chi connectivity index (χ1v) is 18.6. The molecule has 3 aromatic heterocycles. The van der Waals surface area contributed by atoms with Crippen molar-refractivity contribution in [1.29, 1.82) is 0 Å². The topological polar surface area (TPSA) is 44.9 Å². The molecule has 0 bridgehead atoms. The summed E-state index contributed by atoms with van der Waals surface area (Å²) in [6.07, 6.45) is 3.98. The second-order valence-electron chi connectivity index (χ2n) is 14.5. The first kappa shape index (κ1) is 37.1. The Morgan fingerprint density at radius 3 is 2.22 bits per heavy atom. The van der Waals surface area contributed by atoms with Crippen molar-refractivity contribution in [2.24, 2.45) is 0 Å². The molecule has 0 fully saturated rings. The second kappa shape index (κ2) is 15.2. The maximum atomic E-state index is 6.72. The molecule has 0 amide bonds. The molecule has 0 saturated heterocycles. The number of hydrogen-bond acceptors (Lipinski definition) is 3. The first-order chi connectivity index (χ1) is 25.7. The fourth-order valence-electron chi connectivity index (χ4n) is 7.81. The predicted molar refractivity (Wildman–Crippen MR) is 218 cm³/mol. The van der Waals surface area contributed by atoms with Crippen LogP contribution in [0.15, 0.2) is 109 Å². The molecule has 5 aromatic carbocycles. The third-order valence-corrected chi connectivity index (χ3v) is 10.1. The van der Waals surface area contributed by atoms with Crippen LogP contribution in [0.3, 0.4) is 0 Å². The Morgan fingerprint density at radius 2 is 1.48 bits per heavy atom. The minimum absolute atomic E-state index is 0. The van der Waals surface area contributed by atoms with Crippen LogP contribution in [0.25, 0.3) is 55.7 Å². The third-order valence-electron chi connectivity index (χ3n) is 10.1. The molecule has 0 N–H and O–H groups in total.